The topological polar surface area (TPSA) is 41.6 Å². The molecule has 0 unspecified atom stereocenters. The van der Waals surface area contributed by atoms with Gasteiger partial charge in [0.15, 0.2) is 0 Å². The van der Waals surface area contributed by atoms with E-state index in [0.717, 1.165) is 37.4 Å². The maximum Gasteiger partial charge on any atom is 0.251 e. The average molecular weight is 344 g/mol. The standard InChI is InChI=1S/C19H24N2O2S/c1-14-6-3-4-7-16(14)19(22)20-15(2)18(17-8-5-13-24-17)21-9-11-23-12-10-21/h3-8,13,15,18H,9-12H2,1-2H3,(H,20,22)/t15-,18+/m0/s1. The minimum absolute atomic E-state index is 0.00424. The first kappa shape index (κ1) is 17.1. The largest absolute Gasteiger partial charge is 0.379 e. The van der Waals surface area contributed by atoms with Crippen molar-refractivity contribution in [3.05, 3.63) is 57.8 Å². The van der Waals surface area contributed by atoms with Crippen LogP contribution in [0.1, 0.15) is 33.8 Å². The van der Waals surface area contributed by atoms with Gasteiger partial charge in [0.2, 0.25) is 0 Å². The highest BCUT2D eigenvalue weighted by Gasteiger charge is 2.29. The van der Waals surface area contributed by atoms with E-state index in [4.69, 9.17) is 4.74 Å². The van der Waals surface area contributed by atoms with E-state index >= 15 is 0 Å². The molecule has 2 heterocycles. The Morgan fingerprint density at radius 2 is 1.96 bits per heavy atom. The van der Waals surface area contributed by atoms with Gasteiger partial charge in [0.05, 0.1) is 19.3 Å². The Morgan fingerprint density at radius 3 is 2.62 bits per heavy atom. The maximum absolute atomic E-state index is 12.7. The Kier molecular flexibility index (Phi) is 5.66. The molecule has 24 heavy (non-hydrogen) atoms. The predicted octanol–water partition coefficient (Wildman–Crippen LogP) is 3.25. The van der Waals surface area contributed by atoms with Crippen molar-refractivity contribution in [1.82, 2.24) is 10.2 Å². The molecule has 128 valence electrons. The first-order valence-corrected chi connectivity index (χ1v) is 9.26. The number of nitrogens with zero attached hydrogens (tertiary/aromatic N) is 1. The number of morpholine rings is 1. The number of hydrogen-bond donors (Lipinski definition) is 1. The zero-order valence-corrected chi connectivity index (χ0v) is 15.0. The van der Waals surface area contributed by atoms with Gasteiger partial charge < -0.3 is 10.1 Å². The van der Waals surface area contributed by atoms with Crippen LogP contribution >= 0.6 is 11.3 Å². The Bertz CT molecular complexity index is 666. The summed E-state index contributed by atoms with van der Waals surface area (Å²) in [6.45, 7) is 7.36. The SMILES string of the molecule is Cc1ccccc1C(=O)N[C@@H](C)[C@H](c1cccs1)N1CCOCC1. The summed E-state index contributed by atoms with van der Waals surface area (Å²) < 4.78 is 5.49. The molecular formula is C19H24N2O2S. The predicted molar refractivity (Wildman–Crippen MR) is 97.6 cm³/mol. The van der Waals surface area contributed by atoms with Crippen LogP contribution in [0.4, 0.5) is 0 Å². The van der Waals surface area contributed by atoms with Crippen molar-refractivity contribution in [2.75, 3.05) is 26.3 Å². The minimum atomic E-state index is -0.00424. The van der Waals surface area contributed by atoms with Crippen molar-refractivity contribution in [3.63, 3.8) is 0 Å². The van der Waals surface area contributed by atoms with E-state index < -0.39 is 0 Å². The number of amides is 1. The zero-order chi connectivity index (χ0) is 16.9. The van der Waals surface area contributed by atoms with Crippen LogP contribution in [0.3, 0.4) is 0 Å². The van der Waals surface area contributed by atoms with Gasteiger partial charge in [-0.15, -0.1) is 11.3 Å². The molecule has 4 nitrogen and oxygen atoms in total. The lowest BCUT2D eigenvalue weighted by molar-refractivity contribution is 0.00969. The number of benzene rings is 1. The summed E-state index contributed by atoms with van der Waals surface area (Å²) in [6, 6.07) is 12.1. The molecule has 1 aliphatic rings. The average Bonchev–Trinajstić information content (AvgIpc) is 3.10. The molecule has 2 aromatic rings. The number of carbonyl (C=O) groups is 1. The maximum atomic E-state index is 12.7. The molecule has 1 amide bonds. The van der Waals surface area contributed by atoms with Gasteiger partial charge >= 0.3 is 0 Å². The van der Waals surface area contributed by atoms with E-state index in [9.17, 15) is 4.79 Å². The van der Waals surface area contributed by atoms with E-state index in [2.05, 4.69) is 34.7 Å². The molecule has 0 saturated carbocycles. The first-order valence-electron chi connectivity index (χ1n) is 8.38. The molecule has 1 aromatic carbocycles. The van der Waals surface area contributed by atoms with Gasteiger partial charge in [-0.3, -0.25) is 9.69 Å². The van der Waals surface area contributed by atoms with E-state index in [1.165, 1.54) is 4.88 Å². The fourth-order valence-electron chi connectivity index (χ4n) is 3.25. The van der Waals surface area contributed by atoms with Crippen molar-refractivity contribution in [1.29, 1.82) is 0 Å². The Labute approximate surface area is 147 Å². The van der Waals surface area contributed by atoms with E-state index in [1.54, 1.807) is 11.3 Å². The lowest BCUT2D eigenvalue weighted by Gasteiger charge is -2.37. The minimum Gasteiger partial charge on any atom is -0.379 e. The molecule has 0 aliphatic carbocycles. The third-order valence-corrected chi connectivity index (χ3v) is 5.44. The van der Waals surface area contributed by atoms with Gasteiger partial charge in [0, 0.05) is 29.6 Å². The van der Waals surface area contributed by atoms with E-state index in [1.807, 2.05) is 31.2 Å². The number of aryl methyl sites for hydroxylation is 1. The number of nitrogens with one attached hydrogen (secondary N) is 1. The van der Waals surface area contributed by atoms with Crippen LogP contribution in [0.25, 0.3) is 0 Å². The summed E-state index contributed by atoms with van der Waals surface area (Å²) in [5.74, 6) is -0.00424. The molecule has 1 saturated heterocycles. The second-order valence-electron chi connectivity index (χ2n) is 6.19. The molecular weight excluding hydrogens is 320 g/mol. The molecule has 0 bridgehead atoms. The normalized spacial score (nSPS) is 18.1. The van der Waals surface area contributed by atoms with Crippen LogP contribution in [0.5, 0.6) is 0 Å². The molecule has 1 fully saturated rings. The highest BCUT2D eigenvalue weighted by molar-refractivity contribution is 7.10. The highest BCUT2D eigenvalue weighted by atomic mass is 32.1. The summed E-state index contributed by atoms with van der Waals surface area (Å²) in [4.78, 5) is 16.4. The van der Waals surface area contributed by atoms with Gasteiger partial charge in [-0.2, -0.15) is 0 Å². The van der Waals surface area contributed by atoms with Crippen LogP contribution in [0.2, 0.25) is 0 Å². The first-order chi connectivity index (χ1) is 11.7. The van der Waals surface area contributed by atoms with Crippen LogP contribution in [0.15, 0.2) is 41.8 Å². The quantitative estimate of drug-likeness (QED) is 0.905. The molecule has 5 heteroatoms. The lowest BCUT2D eigenvalue weighted by atomic mass is 10.0. The fraction of sp³-hybridized carbons (Fsp3) is 0.421. The monoisotopic (exact) mass is 344 g/mol. The fourth-order valence-corrected chi connectivity index (χ4v) is 4.21. The van der Waals surface area contributed by atoms with E-state index in [-0.39, 0.29) is 18.0 Å². The van der Waals surface area contributed by atoms with Crippen molar-refractivity contribution < 1.29 is 9.53 Å². The molecule has 0 radical (unpaired) electrons. The molecule has 3 rings (SSSR count). The summed E-state index contributed by atoms with van der Waals surface area (Å²) >= 11 is 1.75. The van der Waals surface area contributed by atoms with Crippen LogP contribution in [-0.4, -0.2) is 43.2 Å². The number of thiophene rings is 1. The van der Waals surface area contributed by atoms with Gasteiger partial charge in [0.1, 0.15) is 0 Å². The van der Waals surface area contributed by atoms with Crippen LogP contribution < -0.4 is 5.32 Å². The summed E-state index contributed by atoms with van der Waals surface area (Å²) in [6.07, 6.45) is 0. The number of ether oxygens (including phenoxy) is 1. The molecule has 1 N–H and O–H groups in total. The molecule has 1 aromatic heterocycles. The van der Waals surface area contributed by atoms with E-state index in [0.29, 0.717) is 0 Å². The number of rotatable bonds is 5. The lowest BCUT2D eigenvalue weighted by Crippen LogP contribution is -2.48. The third-order valence-electron chi connectivity index (χ3n) is 4.50. The van der Waals surface area contributed by atoms with Gasteiger partial charge in [-0.25, -0.2) is 0 Å². The van der Waals surface area contributed by atoms with Crippen molar-refractivity contribution in [3.8, 4) is 0 Å². The Hall–Kier alpha value is -1.69. The van der Waals surface area contributed by atoms with Crippen molar-refractivity contribution in [2.45, 2.75) is 25.9 Å². The summed E-state index contributed by atoms with van der Waals surface area (Å²) in [5, 5.41) is 5.30. The molecule has 2 atom stereocenters. The van der Waals surface area contributed by atoms with Gasteiger partial charge in [0.25, 0.3) is 5.91 Å². The Morgan fingerprint density at radius 1 is 1.21 bits per heavy atom. The second kappa shape index (κ2) is 7.92. The third kappa shape index (κ3) is 3.86. The smallest absolute Gasteiger partial charge is 0.251 e. The van der Waals surface area contributed by atoms with Gasteiger partial charge in [-0.1, -0.05) is 24.3 Å². The van der Waals surface area contributed by atoms with Crippen LogP contribution in [-0.2, 0) is 4.74 Å². The van der Waals surface area contributed by atoms with Gasteiger partial charge in [-0.05, 0) is 36.9 Å². The van der Waals surface area contributed by atoms with Crippen molar-refractivity contribution >= 4 is 17.2 Å². The summed E-state index contributed by atoms with van der Waals surface area (Å²) in [5.41, 5.74) is 1.75. The van der Waals surface area contributed by atoms with Crippen molar-refractivity contribution in [2.24, 2.45) is 0 Å². The molecule has 0 spiro atoms. The Balaban J connectivity index is 1.77. The number of hydrogen-bond acceptors (Lipinski definition) is 4. The highest BCUT2D eigenvalue weighted by Crippen LogP contribution is 2.29. The number of carbonyl (C=O) groups excluding carboxylic acids is 1. The zero-order valence-electron chi connectivity index (χ0n) is 14.2. The summed E-state index contributed by atoms with van der Waals surface area (Å²) in [7, 11) is 0. The molecule has 1 aliphatic heterocycles. The second-order valence-corrected chi connectivity index (χ2v) is 7.16. The van der Waals surface area contributed by atoms with Crippen LogP contribution in [0, 0.1) is 6.92 Å².